The van der Waals surface area contributed by atoms with E-state index >= 15 is 0 Å². The highest BCUT2D eigenvalue weighted by Gasteiger charge is 2.22. The molecular formula is C15H11N3O3. The highest BCUT2D eigenvalue weighted by molar-refractivity contribution is 6.14. The molecule has 0 bridgehead atoms. The third kappa shape index (κ3) is 2.82. The van der Waals surface area contributed by atoms with Crippen molar-refractivity contribution in [3.63, 3.8) is 0 Å². The van der Waals surface area contributed by atoms with Gasteiger partial charge in [-0.2, -0.15) is 5.26 Å². The van der Waals surface area contributed by atoms with Crippen LogP contribution in [0.4, 0.5) is 5.69 Å². The first-order chi connectivity index (χ1) is 10.0. The summed E-state index contributed by atoms with van der Waals surface area (Å²) in [5.74, 6) is -1.53. The van der Waals surface area contributed by atoms with E-state index in [9.17, 15) is 20.0 Å². The molecule has 0 aliphatic rings. The molecule has 0 aliphatic carbocycles. The number of nitriles is 1. The quantitative estimate of drug-likeness (QED) is 0.658. The zero-order valence-corrected chi connectivity index (χ0v) is 10.9. The molecule has 6 nitrogen and oxygen atoms in total. The van der Waals surface area contributed by atoms with Crippen LogP contribution in [0, 0.1) is 11.5 Å². The van der Waals surface area contributed by atoms with Crippen LogP contribution in [0.2, 0.25) is 0 Å². The van der Waals surface area contributed by atoms with Crippen molar-refractivity contribution in [1.29, 1.82) is 5.26 Å². The number of anilines is 1. The normalized spacial score (nSPS) is 9.67. The van der Waals surface area contributed by atoms with E-state index in [0.29, 0.717) is 0 Å². The molecule has 0 saturated heterocycles. The molecule has 0 spiro atoms. The molecule has 0 heterocycles. The molecule has 6 heteroatoms. The fraction of sp³-hybridized carbons (Fsp3) is 0. The van der Waals surface area contributed by atoms with Crippen LogP contribution in [0.1, 0.15) is 20.7 Å². The lowest BCUT2D eigenvalue weighted by Crippen LogP contribution is -2.28. The summed E-state index contributed by atoms with van der Waals surface area (Å²) >= 11 is 0. The van der Waals surface area contributed by atoms with E-state index in [1.54, 1.807) is 18.3 Å². The van der Waals surface area contributed by atoms with Crippen LogP contribution in [0.3, 0.4) is 0 Å². The minimum atomic E-state index is -0.757. The van der Waals surface area contributed by atoms with Crippen LogP contribution >= 0.6 is 0 Å². The minimum Gasteiger partial charge on any atom is -0.508 e. The Morgan fingerprint density at radius 2 is 1.76 bits per heavy atom. The van der Waals surface area contributed by atoms with Crippen molar-refractivity contribution < 1.29 is 14.7 Å². The van der Waals surface area contributed by atoms with Crippen molar-refractivity contribution in [2.45, 2.75) is 0 Å². The highest BCUT2D eigenvalue weighted by Crippen LogP contribution is 2.22. The number of rotatable bonds is 3. The van der Waals surface area contributed by atoms with Crippen LogP contribution in [-0.4, -0.2) is 16.9 Å². The summed E-state index contributed by atoms with van der Waals surface area (Å²) in [7, 11) is 0. The van der Waals surface area contributed by atoms with Crippen LogP contribution in [0.15, 0.2) is 48.5 Å². The molecular weight excluding hydrogens is 270 g/mol. The third-order valence-electron chi connectivity index (χ3n) is 2.81. The predicted octanol–water partition coefficient (Wildman–Crippen LogP) is 1.62. The Balaban J connectivity index is 2.48. The van der Waals surface area contributed by atoms with Crippen molar-refractivity contribution >= 4 is 17.5 Å². The Morgan fingerprint density at radius 3 is 2.33 bits per heavy atom. The van der Waals surface area contributed by atoms with Crippen LogP contribution in [-0.2, 0) is 0 Å². The zero-order valence-electron chi connectivity index (χ0n) is 10.9. The van der Waals surface area contributed by atoms with E-state index in [4.69, 9.17) is 5.73 Å². The van der Waals surface area contributed by atoms with Gasteiger partial charge in [0, 0.05) is 6.07 Å². The maximum absolute atomic E-state index is 12.4. The topological polar surface area (TPSA) is 107 Å². The summed E-state index contributed by atoms with van der Waals surface area (Å²) in [6.45, 7) is 0. The van der Waals surface area contributed by atoms with E-state index < -0.39 is 11.8 Å². The first-order valence-electron chi connectivity index (χ1n) is 5.96. The second kappa shape index (κ2) is 5.75. The van der Waals surface area contributed by atoms with E-state index in [2.05, 4.69) is 0 Å². The number of amides is 2. The van der Waals surface area contributed by atoms with Gasteiger partial charge in [-0.3, -0.25) is 9.59 Å². The number of hydrogen-bond donors (Lipinski definition) is 2. The molecule has 0 fully saturated rings. The van der Waals surface area contributed by atoms with Crippen molar-refractivity contribution in [2.24, 2.45) is 5.73 Å². The summed E-state index contributed by atoms with van der Waals surface area (Å²) in [5.41, 5.74) is 5.47. The Kier molecular flexibility index (Phi) is 3.86. The predicted molar refractivity (Wildman–Crippen MR) is 75.5 cm³/mol. The van der Waals surface area contributed by atoms with Gasteiger partial charge in [0.1, 0.15) is 5.75 Å². The summed E-state index contributed by atoms with van der Waals surface area (Å²) in [6.07, 6.45) is 1.73. The Hall–Kier alpha value is -3.33. The van der Waals surface area contributed by atoms with E-state index in [0.717, 1.165) is 4.90 Å². The maximum atomic E-state index is 12.4. The summed E-state index contributed by atoms with van der Waals surface area (Å²) in [4.78, 5) is 24.6. The minimum absolute atomic E-state index is 0.0230. The van der Waals surface area contributed by atoms with Gasteiger partial charge < -0.3 is 10.8 Å². The van der Waals surface area contributed by atoms with E-state index in [1.807, 2.05) is 0 Å². The molecule has 2 rings (SSSR count). The van der Waals surface area contributed by atoms with Crippen molar-refractivity contribution in [3.8, 4) is 11.9 Å². The SMILES string of the molecule is N#CN(C(=O)c1ccccc1C(N)=O)c1cccc(O)c1. The van der Waals surface area contributed by atoms with Gasteiger partial charge in [0.2, 0.25) is 5.91 Å². The Bertz CT molecular complexity index is 750. The molecule has 0 atom stereocenters. The van der Waals surface area contributed by atoms with Gasteiger partial charge in [-0.25, -0.2) is 4.90 Å². The lowest BCUT2D eigenvalue weighted by Gasteiger charge is -2.15. The number of carbonyl (C=O) groups excluding carboxylic acids is 2. The fourth-order valence-electron chi connectivity index (χ4n) is 1.86. The monoisotopic (exact) mass is 281 g/mol. The van der Waals surface area contributed by atoms with Crippen LogP contribution in [0.5, 0.6) is 5.75 Å². The second-order valence-electron chi connectivity index (χ2n) is 4.17. The fourth-order valence-corrected chi connectivity index (χ4v) is 1.86. The number of primary amides is 1. The molecule has 0 unspecified atom stereocenters. The van der Waals surface area contributed by atoms with Gasteiger partial charge in [0.25, 0.3) is 5.91 Å². The molecule has 0 radical (unpaired) electrons. The molecule has 2 aromatic rings. The number of aromatic hydroxyl groups is 1. The van der Waals surface area contributed by atoms with E-state index in [-0.39, 0.29) is 22.6 Å². The summed E-state index contributed by atoms with van der Waals surface area (Å²) in [6, 6.07) is 11.6. The smallest absolute Gasteiger partial charge is 0.272 e. The van der Waals surface area contributed by atoms with Gasteiger partial charge in [-0.1, -0.05) is 18.2 Å². The third-order valence-corrected chi connectivity index (χ3v) is 2.81. The first kappa shape index (κ1) is 14.1. The van der Waals surface area contributed by atoms with Crippen molar-refractivity contribution in [3.05, 3.63) is 59.7 Å². The summed E-state index contributed by atoms with van der Waals surface area (Å²) < 4.78 is 0. The van der Waals surface area contributed by atoms with Gasteiger partial charge in [0.05, 0.1) is 16.8 Å². The van der Waals surface area contributed by atoms with E-state index in [1.165, 1.54) is 36.4 Å². The number of carbonyl (C=O) groups is 2. The van der Waals surface area contributed by atoms with Crippen molar-refractivity contribution in [1.82, 2.24) is 0 Å². The number of benzene rings is 2. The lowest BCUT2D eigenvalue weighted by atomic mass is 10.1. The maximum Gasteiger partial charge on any atom is 0.272 e. The van der Waals surface area contributed by atoms with Gasteiger partial charge in [0.15, 0.2) is 6.19 Å². The largest absolute Gasteiger partial charge is 0.508 e. The Morgan fingerprint density at radius 1 is 1.10 bits per heavy atom. The number of hydrogen-bond acceptors (Lipinski definition) is 4. The first-order valence-corrected chi connectivity index (χ1v) is 5.96. The average Bonchev–Trinajstić information content (AvgIpc) is 2.48. The zero-order chi connectivity index (χ0) is 15.4. The lowest BCUT2D eigenvalue weighted by molar-refractivity contribution is 0.0967. The number of phenols is 1. The molecule has 2 aromatic carbocycles. The summed E-state index contributed by atoms with van der Waals surface area (Å²) in [5, 5.41) is 18.6. The second-order valence-corrected chi connectivity index (χ2v) is 4.17. The number of nitrogens with two attached hydrogens (primary N) is 1. The molecule has 21 heavy (non-hydrogen) atoms. The molecule has 0 aromatic heterocycles. The average molecular weight is 281 g/mol. The van der Waals surface area contributed by atoms with Gasteiger partial charge in [-0.15, -0.1) is 0 Å². The van der Waals surface area contributed by atoms with Crippen molar-refractivity contribution in [2.75, 3.05) is 4.90 Å². The Labute approximate surface area is 120 Å². The molecule has 104 valence electrons. The number of nitrogens with zero attached hydrogens (tertiary/aromatic N) is 2. The molecule has 0 aliphatic heterocycles. The van der Waals surface area contributed by atoms with Crippen LogP contribution < -0.4 is 10.6 Å². The molecule has 3 N–H and O–H groups in total. The highest BCUT2D eigenvalue weighted by atomic mass is 16.3. The van der Waals surface area contributed by atoms with Crippen LogP contribution in [0.25, 0.3) is 0 Å². The van der Waals surface area contributed by atoms with Gasteiger partial charge in [-0.05, 0) is 24.3 Å². The van der Waals surface area contributed by atoms with Gasteiger partial charge >= 0.3 is 0 Å². The molecule has 0 saturated carbocycles. The molecule has 2 amide bonds. The standard InChI is InChI=1S/C15H11N3O3/c16-9-18(10-4-3-5-11(19)8-10)15(21)13-7-2-1-6-12(13)14(17)20/h1-8,19H,(H2,17,20). The number of phenolic OH excluding ortho intramolecular Hbond substituents is 1.